The summed E-state index contributed by atoms with van der Waals surface area (Å²) in [5.74, 6) is 0.412. The van der Waals surface area contributed by atoms with E-state index in [1.807, 2.05) is 24.3 Å². The van der Waals surface area contributed by atoms with Crippen LogP contribution in [-0.4, -0.2) is 18.6 Å². The van der Waals surface area contributed by atoms with Gasteiger partial charge in [0.15, 0.2) is 6.10 Å². The number of carbonyl (C=O) groups excluding carboxylic acids is 1. The molecule has 126 valence electrons. The van der Waals surface area contributed by atoms with E-state index in [1.165, 1.54) is 11.6 Å². The molecule has 5 heteroatoms. The largest absolute Gasteiger partial charge is 0.481 e. The number of para-hydroxylation sites is 1. The molecule has 0 aliphatic carbocycles. The zero-order valence-corrected chi connectivity index (χ0v) is 13.8. The summed E-state index contributed by atoms with van der Waals surface area (Å²) in [7, 11) is 0. The number of rotatable bonds is 3. The third-order valence-corrected chi connectivity index (χ3v) is 4.41. The van der Waals surface area contributed by atoms with Gasteiger partial charge in [0.05, 0.1) is 0 Å². The fourth-order valence-electron chi connectivity index (χ4n) is 3.16. The molecule has 0 N–H and O–H groups in total. The molecule has 0 saturated heterocycles. The van der Waals surface area contributed by atoms with Crippen LogP contribution in [0.5, 0.6) is 5.75 Å². The molecule has 1 aliphatic heterocycles. The Kier molecular flexibility index (Phi) is 3.76. The van der Waals surface area contributed by atoms with Crippen LogP contribution in [0.2, 0.25) is 0 Å². The van der Waals surface area contributed by atoms with Gasteiger partial charge in [-0.15, -0.1) is 0 Å². The van der Waals surface area contributed by atoms with Crippen LogP contribution in [0.4, 0.5) is 5.69 Å². The first-order chi connectivity index (χ1) is 12.1. The quantitative estimate of drug-likeness (QED) is 0.690. The van der Waals surface area contributed by atoms with E-state index in [1.54, 1.807) is 36.1 Å². The van der Waals surface area contributed by atoms with Crippen LogP contribution >= 0.6 is 0 Å². The Hall–Kier alpha value is -3.08. The molecule has 1 atom stereocenters. The fourth-order valence-corrected chi connectivity index (χ4v) is 3.16. The van der Waals surface area contributed by atoms with Crippen molar-refractivity contribution in [3.63, 3.8) is 0 Å². The van der Waals surface area contributed by atoms with Crippen molar-refractivity contribution in [3.8, 4) is 5.75 Å². The highest BCUT2D eigenvalue weighted by Crippen LogP contribution is 2.28. The number of anilines is 1. The maximum atomic E-state index is 12.8. The monoisotopic (exact) mass is 335 g/mol. The Labute approximate surface area is 144 Å². The van der Waals surface area contributed by atoms with Crippen molar-refractivity contribution >= 4 is 22.6 Å². The van der Waals surface area contributed by atoms with Crippen LogP contribution in [-0.2, 0) is 11.2 Å². The first-order valence-corrected chi connectivity index (χ1v) is 8.22. The second kappa shape index (κ2) is 6.09. The summed E-state index contributed by atoms with van der Waals surface area (Å²) in [4.78, 5) is 25.9. The SMILES string of the molecule is CC(Oc1ccc2ccc(=O)oc2c1)C(=O)N1CCc2ccccc21. The number of hydrogen-bond donors (Lipinski definition) is 0. The Balaban J connectivity index is 1.55. The predicted octanol–water partition coefficient (Wildman–Crippen LogP) is 3.15. The lowest BCUT2D eigenvalue weighted by Crippen LogP contribution is -2.39. The number of amides is 1. The van der Waals surface area contributed by atoms with Crippen molar-refractivity contribution in [2.45, 2.75) is 19.4 Å². The van der Waals surface area contributed by atoms with Crippen molar-refractivity contribution < 1.29 is 13.9 Å². The van der Waals surface area contributed by atoms with Gasteiger partial charge in [-0.25, -0.2) is 4.79 Å². The zero-order valence-electron chi connectivity index (χ0n) is 13.8. The zero-order chi connectivity index (χ0) is 17.4. The highest BCUT2D eigenvalue weighted by Gasteiger charge is 2.28. The third kappa shape index (κ3) is 2.89. The molecular formula is C20H17NO4. The second-order valence-electron chi connectivity index (χ2n) is 6.08. The van der Waals surface area contributed by atoms with Gasteiger partial charge in [0, 0.05) is 29.8 Å². The maximum Gasteiger partial charge on any atom is 0.336 e. The summed E-state index contributed by atoms with van der Waals surface area (Å²) in [6.07, 6.45) is 0.217. The van der Waals surface area contributed by atoms with Gasteiger partial charge in [-0.3, -0.25) is 4.79 Å². The second-order valence-corrected chi connectivity index (χ2v) is 6.08. The highest BCUT2D eigenvalue weighted by molar-refractivity contribution is 5.98. The Morgan fingerprint density at radius 2 is 1.96 bits per heavy atom. The van der Waals surface area contributed by atoms with Crippen LogP contribution in [0, 0.1) is 0 Å². The Morgan fingerprint density at radius 1 is 1.16 bits per heavy atom. The summed E-state index contributed by atoms with van der Waals surface area (Å²) in [6, 6.07) is 16.2. The molecule has 0 bridgehead atoms. The van der Waals surface area contributed by atoms with Crippen molar-refractivity contribution in [1.29, 1.82) is 0 Å². The standard InChI is InChI=1S/C20H17NO4/c1-13(20(23)21-11-10-14-4-2-3-5-17(14)21)24-16-8-6-15-7-9-19(22)25-18(15)12-16/h2-9,12-13H,10-11H2,1H3. The molecule has 3 aromatic rings. The van der Waals surface area contributed by atoms with Gasteiger partial charge < -0.3 is 14.1 Å². The van der Waals surface area contributed by atoms with E-state index in [4.69, 9.17) is 9.15 Å². The van der Waals surface area contributed by atoms with Crippen molar-refractivity contribution in [2.75, 3.05) is 11.4 Å². The summed E-state index contributed by atoms with van der Waals surface area (Å²) in [5.41, 5.74) is 2.15. The van der Waals surface area contributed by atoms with Gasteiger partial charge in [-0.1, -0.05) is 18.2 Å². The first kappa shape index (κ1) is 15.4. The first-order valence-electron chi connectivity index (χ1n) is 8.22. The molecule has 0 radical (unpaired) electrons. The average Bonchev–Trinajstić information content (AvgIpc) is 3.04. The minimum atomic E-state index is -0.640. The van der Waals surface area contributed by atoms with E-state index in [9.17, 15) is 9.59 Å². The van der Waals surface area contributed by atoms with E-state index in [0.29, 0.717) is 17.9 Å². The molecule has 1 amide bonds. The summed E-state index contributed by atoms with van der Waals surface area (Å²) in [6.45, 7) is 2.40. The lowest BCUT2D eigenvalue weighted by atomic mass is 10.2. The van der Waals surface area contributed by atoms with E-state index < -0.39 is 11.7 Å². The maximum absolute atomic E-state index is 12.8. The van der Waals surface area contributed by atoms with Gasteiger partial charge in [0.2, 0.25) is 0 Å². The van der Waals surface area contributed by atoms with Gasteiger partial charge >= 0.3 is 5.63 Å². The van der Waals surface area contributed by atoms with Crippen molar-refractivity contribution in [3.05, 3.63) is 70.6 Å². The van der Waals surface area contributed by atoms with Gasteiger partial charge in [-0.2, -0.15) is 0 Å². The number of ether oxygens (including phenoxy) is 1. The third-order valence-electron chi connectivity index (χ3n) is 4.41. The number of nitrogens with zero attached hydrogens (tertiary/aromatic N) is 1. The van der Waals surface area contributed by atoms with E-state index in [2.05, 4.69) is 0 Å². The van der Waals surface area contributed by atoms with Crippen LogP contribution in [0.15, 0.2) is 63.8 Å². The smallest absolute Gasteiger partial charge is 0.336 e. The van der Waals surface area contributed by atoms with Crippen molar-refractivity contribution in [2.24, 2.45) is 0 Å². The van der Waals surface area contributed by atoms with E-state index >= 15 is 0 Å². The minimum Gasteiger partial charge on any atom is -0.481 e. The number of carbonyl (C=O) groups is 1. The van der Waals surface area contributed by atoms with E-state index in [-0.39, 0.29) is 5.91 Å². The highest BCUT2D eigenvalue weighted by atomic mass is 16.5. The minimum absolute atomic E-state index is 0.0837. The van der Waals surface area contributed by atoms with Gasteiger partial charge in [0.1, 0.15) is 11.3 Å². The summed E-state index contributed by atoms with van der Waals surface area (Å²) < 4.78 is 11.0. The number of hydrogen-bond acceptors (Lipinski definition) is 4. The molecule has 4 rings (SSSR count). The molecule has 2 aromatic carbocycles. The molecule has 0 spiro atoms. The van der Waals surface area contributed by atoms with Gasteiger partial charge in [0.25, 0.3) is 5.91 Å². The molecule has 1 aliphatic rings. The lowest BCUT2D eigenvalue weighted by Gasteiger charge is -2.22. The normalized spacial score (nSPS) is 14.4. The molecule has 0 saturated carbocycles. The number of benzene rings is 2. The molecule has 2 heterocycles. The fraction of sp³-hybridized carbons (Fsp3) is 0.200. The van der Waals surface area contributed by atoms with Crippen molar-refractivity contribution in [1.82, 2.24) is 0 Å². The molecule has 25 heavy (non-hydrogen) atoms. The van der Waals surface area contributed by atoms with E-state index in [0.717, 1.165) is 17.5 Å². The summed E-state index contributed by atoms with van der Waals surface area (Å²) >= 11 is 0. The Bertz CT molecular complexity index is 1010. The van der Waals surface area contributed by atoms with Crippen LogP contribution in [0.25, 0.3) is 11.0 Å². The molecule has 0 fully saturated rings. The lowest BCUT2D eigenvalue weighted by molar-refractivity contribution is -0.124. The summed E-state index contributed by atoms with van der Waals surface area (Å²) in [5, 5.41) is 0.805. The molecule has 1 aromatic heterocycles. The molecule has 1 unspecified atom stereocenters. The number of fused-ring (bicyclic) bond motifs is 2. The van der Waals surface area contributed by atoms with Crippen LogP contribution < -0.4 is 15.3 Å². The Morgan fingerprint density at radius 3 is 2.84 bits per heavy atom. The predicted molar refractivity (Wildman–Crippen MR) is 95.1 cm³/mol. The molecule has 5 nitrogen and oxygen atoms in total. The van der Waals surface area contributed by atoms with Crippen LogP contribution in [0.3, 0.4) is 0 Å². The average molecular weight is 335 g/mol. The van der Waals surface area contributed by atoms with Gasteiger partial charge in [-0.05, 0) is 43.2 Å². The topological polar surface area (TPSA) is 59.8 Å². The molecular weight excluding hydrogens is 318 g/mol. The van der Waals surface area contributed by atoms with Crippen LogP contribution in [0.1, 0.15) is 12.5 Å².